The van der Waals surface area contributed by atoms with Crippen molar-refractivity contribution in [3.05, 3.63) is 11.9 Å². The second kappa shape index (κ2) is 5.09. The van der Waals surface area contributed by atoms with Gasteiger partial charge in [0, 0.05) is 6.42 Å². The van der Waals surface area contributed by atoms with Gasteiger partial charge in [0.25, 0.3) is 0 Å². The van der Waals surface area contributed by atoms with E-state index in [2.05, 4.69) is 15.4 Å². The number of aromatic amines is 1. The first kappa shape index (κ1) is 11.1. The number of aromatic nitrogens is 3. The van der Waals surface area contributed by atoms with Crippen LogP contribution in [0.25, 0.3) is 0 Å². The number of H-pyrrole nitrogens is 1. The van der Waals surface area contributed by atoms with Crippen molar-refractivity contribution >= 4 is 5.97 Å². The number of carbonyl (C=O) groups is 1. The van der Waals surface area contributed by atoms with Crippen LogP contribution in [0.4, 0.5) is 0 Å². The van der Waals surface area contributed by atoms with E-state index in [4.69, 9.17) is 0 Å². The molecular weight excluding hydrogens is 206 g/mol. The topological polar surface area (TPSA) is 78.9 Å². The Labute approximate surface area is 94.3 Å². The van der Waals surface area contributed by atoms with Gasteiger partial charge in [-0.1, -0.05) is 19.3 Å². The van der Waals surface area contributed by atoms with Gasteiger partial charge in [0.2, 0.25) is 0 Å². The minimum atomic E-state index is -0.699. The first-order valence-electron chi connectivity index (χ1n) is 5.85. The van der Waals surface area contributed by atoms with Crippen LogP contribution in [0, 0.1) is 11.8 Å². The van der Waals surface area contributed by atoms with Crippen LogP contribution >= 0.6 is 0 Å². The molecule has 1 aliphatic rings. The highest BCUT2D eigenvalue weighted by Gasteiger charge is 2.29. The van der Waals surface area contributed by atoms with Crippen molar-refractivity contribution in [1.82, 2.24) is 15.4 Å². The third-order valence-corrected chi connectivity index (χ3v) is 3.43. The van der Waals surface area contributed by atoms with Crippen molar-refractivity contribution in [3.8, 4) is 0 Å². The van der Waals surface area contributed by atoms with E-state index in [0.717, 1.165) is 31.4 Å². The standard InChI is InChI=1S/C11H17N3O2/c15-11(16)10(6-9-7-12-14-13-9)8-4-2-1-3-5-8/h7-8,10H,1-6H2,(H,15,16)(H,12,13,14). The van der Waals surface area contributed by atoms with Crippen molar-refractivity contribution in [3.63, 3.8) is 0 Å². The normalized spacial score (nSPS) is 19.5. The molecule has 1 aromatic heterocycles. The molecule has 1 saturated carbocycles. The van der Waals surface area contributed by atoms with Gasteiger partial charge in [-0.25, -0.2) is 0 Å². The smallest absolute Gasteiger partial charge is 0.307 e. The average molecular weight is 223 g/mol. The first-order valence-corrected chi connectivity index (χ1v) is 5.85. The van der Waals surface area contributed by atoms with Gasteiger partial charge in [0.1, 0.15) is 0 Å². The van der Waals surface area contributed by atoms with Crippen molar-refractivity contribution in [2.24, 2.45) is 11.8 Å². The largest absolute Gasteiger partial charge is 0.481 e. The number of rotatable bonds is 4. The molecule has 0 amide bonds. The summed E-state index contributed by atoms with van der Waals surface area (Å²) >= 11 is 0. The fraction of sp³-hybridized carbons (Fsp3) is 0.727. The molecule has 0 saturated heterocycles. The molecule has 5 nitrogen and oxygen atoms in total. The first-order chi connectivity index (χ1) is 7.77. The van der Waals surface area contributed by atoms with Crippen molar-refractivity contribution in [2.45, 2.75) is 38.5 Å². The van der Waals surface area contributed by atoms with E-state index in [9.17, 15) is 9.90 Å². The lowest BCUT2D eigenvalue weighted by Gasteiger charge is -2.26. The number of hydrogen-bond donors (Lipinski definition) is 2. The minimum absolute atomic E-state index is 0.301. The summed E-state index contributed by atoms with van der Waals surface area (Å²) in [6.07, 6.45) is 7.74. The number of carboxylic acid groups (broad SMARTS) is 1. The Morgan fingerprint density at radius 2 is 2.25 bits per heavy atom. The van der Waals surface area contributed by atoms with Crippen molar-refractivity contribution < 1.29 is 9.90 Å². The lowest BCUT2D eigenvalue weighted by molar-refractivity contribution is -0.144. The minimum Gasteiger partial charge on any atom is -0.481 e. The van der Waals surface area contributed by atoms with Crippen LogP contribution in [0.1, 0.15) is 37.8 Å². The maximum absolute atomic E-state index is 11.3. The fourth-order valence-electron chi connectivity index (χ4n) is 2.54. The Morgan fingerprint density at radius 1 is 1.50 bits per heavy atom. The zero-order chi connectivity index (χ0) is 11.4. The Kier molecular flexibility index (Phi) is 3.54. The monoisotopic (exact) mass is 223 g/mol. The van der Waals surface area contributed by atoms with Gasteiger partial charge in [-0.3, -0.25) is 4.79 Å². The Morgan fingerprint density at radius 3 is 2.81 bits per heavy atom. The van der Waals surface area contributed by atoms with Crippen LogP contribution in [0.2, 0.25) is 0 Å². The van der Waals surface area contributed by atoms with Crippen LogP contribution in [-0.4, -0.2) is 26.5 Å². The maximum atomic E-state index is 11.3. The summed E-state index contributed by atoms with van der Waals surface area (Å²) in [4.78, 5) is 11.3. The average Bonchev–Trinajstić information content (AvgIpc) is 2.79. The second-order valence-electron chi connectivity index (χ2n) is 4.51. The van der Waals surface area contributed by atoms with Crippen LogP contribution in [0.15, 0.2) is 6.20 Å². The molecule has 88 valence electrons. The Bertz CT molecular complexity index is 331. The molecule has 1 unspecified atom stereocenters. The number of nitrogens with one attached hydrogen (secondary N) is 1. The predicted octanol–water partition coefficient (Wildman–Crippen LogP) is 1.63. The molecule has 1 heterocycles. The van der Waals surface area contributed by atoms with E-state index in [-0.39, 0.29) is 5.92 Å². The SMILES string of the molecule is O=C(O)C(Cc1cn[nH]n1)C1CCCCC1. The lowest BCUT2D eigenvalue weighted by Crippen LogP contribution is -2.27. The number of nitrogens with zero attached hydrogens (tertiary/aromatic N) is 2. The van der Waals surface area contributed by atoms with Crippen LogP contribution in [0.3, 0.4) is 0 Å². The zero-order valence-corrected chi connectivity index (χ0v) is 9.22. The van der Waals surface area contributed by atoms with Gasteiger partial charge in [0.05, 0.1) is 17.8 Å². The molecule has 0 radical (unpaired) electrons. The third kappa shape index (κ3) is 2.59. The highest BCUT2D eigenvalue weighted by Crippen LogP contribution is 2.31. The summed E-state index contributed by atoms with van der Waals surface area (Å²) < 4.78 is 0. The third-order valence-electron chi connectivity index (χ3n) is 3.43. The van der Waals surface area contributed by atoms with E-state index < -0.39 is 5.97 Å². The molecular formula is C11H17N3O2. The lowest BCUT2D eigenvalue weighted by atomic mass is 9.78. The number of carboxylic acids is 1. The van der Waals surface area contributed by atoms with Crippen LogP contribution in [0.5, 0.6) is 0 Å². The van der Waals surface area contributed by atoms with Gasteiger partial charge < -0.3 is 5.11 Å². The summed E-state index contributed by atoms with van der Waals surface area (Å²) in [5, 5.41) is 19.4. The summed E-state index contributed by atoms with van der Waals surface area (Å²) in [5.74, 6) is -0.691. The molecule has 0 aliphatic heterocycles. The molecule has 0 bridgehead atoms. The van der Waals surface area contributed by atoms with E-state index in [0.29, 0.717) is 12.3 Å². The van der Waals surface area contributed by atoms with Crippen LogP contribution in [-0.2, 0) is 11.2 Å². The van der Waals surface area contributed by atoms with Crippen LogP contribution < -0.4 is 0 Å². The number of hydrogen-bond acceptors (Lipinski definition) is 3. The molecule has 2 rings (SSSR count). The summed E-state index contributed by atoms with van der Waals surface area (Å²) in [6, 6.07) is 0. The second-order valence-corrected chi connectivity index (χ2v) is 4.51. The molecule has 2 N–H and O–H groups in total. The molecule has 5 heteroatoms. The highest BCUT2D eigenvalue weighted by atomic mass is 16.4. The zero-order valence-electron chi connectivity index (χ0n) is 9.22. The van der Waals surface area contributed by atoms with E-state index in [1.54, 1.807) is 6.20 Å². The number of aliphatic carboxylic acids is 1. The molecule has 1 fully saturated rings. The van der Waals surface area contributed by atoms with Gasteiger partial charge in [-0.05, 0) is 18.8 Å². The van der Waals surface area contributed by atoms with E-state index in [1.807, 2.05) is 0 Å². The fourth-order valence-corrected chi connectivity index (χ4v) is 2.54. The highest BCUT2D eigenvalue weighted by molar-refractivity contribution is 5.70. The molecule has 1 atom stereocenters. The molecule has 1 aliphatic carbocycles. The van der Waals surface area contributed by atoms with Gasteiger partial charge >= 0.3 is 5.97 Å². The van der Waals surface area contributed by atoms with E-state index in [1.165, 1.54) is 6.42 Å². The Balaban J connectivity index is 2.01. The predicted molar refractivity (Wildman–Crippen MR) is 57.8 cm³/mol. The quantitative estimate of drug-likeness (QED) is 0.813. The van der Waals surface area contributed by atoms with Crippen molar-refractivity contribution in [1.29, 1.82) is 0 Å². The van der Waals surface area contributed by atoms with Crippen molar-refractivity contribution in [2.75, 3.05) is 0 Å². The van der Waals surface area contributed by atoms with Gasteiger partial charge in [-0.2, -0.15) is 15.4 Å². The molecule has 1 aromatic rings. The Hall–Kier alpha value is -1.39. The summed E-state index contributed by atoms with van der Waals surface area (Å²) in [6.45, 7) is 0. The molecule has 0 aromatic carbocycles. The van der Waals surface area contributed by atoms with Gasteiger partial charge in [0.15, 0.2) is 0 Å². The van der Waals surface area contributed by atoms with E-state index >= 15 is 0 Å². The van der Waals surface area contributed by atoms with Gasteiger partial charge in [-0.15, -0.1) is 0 Å². The molecule has 16 heavy (non-hydrogen) atoms. The summed E-state index contributed by atoms with van der Waals surface area (Å²) in [5.41, 5.74) is 0.748. The maximum Gasteiger partial charge on any atom is 0.307 e. The summed E-state index contributed by atoms with van der Waals surface area (Å²) in [7, 11) is 0. The molecule has 0 spiro atoms.